The van der Waals surface area contributed by atoms with Crippen LogP contribution in [0.2, 0.25) is 0 Å². The molecule has 0 aromatic carbocycles. The van der Waals surface area contributed by atoms with Crippen LogP contribution in [0.5, 0.6) is 0 Å². The van der Waals surface area contributed by atoms with Crippen molar-refractivity contribution in [3.8, 4) is 0 Å². The van der Waals surface area contributed by atoms with Gasteiger partial charge < -0.3 is 19.5 Å². The molecule has 1 spiro atoms. The van der Waals surface area contributed by atoms with Crippen LogP contribution in [-0.4, -0.2) is 63.0 Å². The lowest BCUT2D eigenvalue weighted by Gasteiger charge is -2.37. The molecule has 27 heavy (non-hydrogen) atoms. The van der Waals surface area contributed by atoms with Crippen LogP contribution in [0, 0.1) is 0 Å². The number of rotatable bonds is 5. The quantitative estimate of drug-likeness (QED) is 0.779. The van der Waals surface area contributed by atoms with Gasteiger partial charge in [-0.25, -0.2) is 9.59 Å². The van der Waals surface area contributed by atoms with Gasteiger partial charge in [0.25, 0.3) is 5.56 Å². The third kappa shape index (κ3) is 4.06. The summed E-state index contributed by atoms with van der Waals surface area (Å²) in [6.45, 7) is 5.64. The average molecular weight is 378 g/mol. The minimum Gasteiger partial charge on any atom is -0.441 e. The lowest BCUT2D eigenvalue weighted by Crippen LogP contribution is -2.49. The first-order valence-electron chi connectivity index (χ1n) is 9.42. The van der Waals surface area contributed by atoms with Gasteiger partial charge in [-0.15, -0.1) is 0 Å². The predicted molar refractivity (Wildman–Crippen MR) is 97.5 cm³/mol. The van der Waals surface area contributed by atoms with E-state index in [1.807, 2.05) is 6.92 Å². The molecule has 1 aromatic rings. The first-order valence-corrected chi connectivity index (χ1v) is 9.42. The van der Waals surface area contributed by atoms with Crippen LogP contribution in [0.25, 0.3) is 0 Å². The molecule has 2 aliphatic rings. The highest BCUT2D eigenvalue weighted by atomic mass is 16.6. The van der Waals surface area contributed by atoms with Gasteiger partial charge in [0.15, 0.2) is 0 Å². The molecule has 2 fully saturated rings. The van der Waals surface area contributed by atoms with Crippen LogP contribution in [0.3, 0.4) is 0 Å². The number of piperidine rings is 1. The Morgan fingerprint density at radius 2 is 2.00 bits per heavy atom. The lowest BCUT2D eigenvalue weighted by atomic mass is 9.90. The Kier molecular flexibility index (Phi) is 5.38. The number of carbonyl (C=O) groups is 2. The minimum absolute atomic E-state index is 0.0709. The second-order valence-electron chi connectivity index (χ2n) is 7.47. The van der Waals surface area contributed by atoms with Crippen LogP contribution in [-0.2, 0) is 16.0 Å². The van der Waals surface area contributed by atoms with Gasteiger partial charge in [0.2, 0.25) is 5.91 Å². The molecule has 2 amide bonds. The molecule has 0 aliphatic carbocycles. The summed E-state index contributed by atoms with van der Waals surface area (Å²) < 4.78 is 5.70. The van der Waals surface area contributed by atoms with Crippen LogP contribution < -0.4 is 11.2 Å². The number of ether oxygens (including phenoxy) is 1. The first kappa shape index (κ1) is 19.2. The van der Waals surface area contributed by atoms with E-state index in [2.05, 4.69) is 16.9 Å². The Hall–Kier alpha value is -2.58. The van der Waals surface area contributed by atoms with E-state index in [0.29, 0.717) is 32.5 Å². The number of likely N-dealkylation sites (tertiary alicyclic amines) is 1. The van der Waals surface area contributed by atoms with Crippen molar-refractivity contribution in [2.45, 2.75) is 57.6 Å². The number of hydrogen-bond acceptors (Lipinski definition) is 5. The highest BCUT2D eigenvalue weighted by molar-refractivity contribution is 5.79. The molecule has 0 radical (unpaired) electrons. The number of hydrogen-bond donors (Lipinski definition) is 2. The molecular weight excluding hydrogens is 352 g/mol. The summed E-state index contributed by atoms with van der Waals surface area (Å²) in [5.74, 6) is -0.178. The minimum atomic E-state index is -0.596. The monoisotopic (exact) mass is 378 g/mol. The van der Waals surface area contributed by atoms with Crippen LogP contribution in [0.15, 0.2) is 15.8 Å². The SMILES string of the molecule is CCC[C@@H](C)N1CC2(CCN(C(=O)Cc3c[nH]c(=O)[nH]c3=O)CC2)OC1=O. The lowest BCUT2D eigenvalue weighted by molar-refractivity contribution is -0.133. The fraction of sp³-hybridized carbons (Fsp3) is 0.667. The highest BCUT2D eigenvalue weighted by Crippen LogP contribution is 2.34. The molecule has 2 N–H and O–H groups in total. The molecule has 9 heteroatoms. The standard InChI is InChI=1S/C18H26N4O5/c1-3-4-12(2)22-11-18(27-17(22)26)5-7-21(8-6-18)14(23)9-13-10-19-16(25)20-15(13)24/h10,12H,3-9,11H2,1-2H3,(H2,19,20,24,25)/t12-/m1/s1. The molecular formula is C18H26N4O5. The number of aromatic nitrogens is 2. The van der Waals surface area contributed by atoms with Gasteiger partial charge >= 0.3 is 11.8 Å². The zero-order valence-electron chi connectivity index (χ0n) is 15.7. The van der Waals surface area contributed by atoms with E-state index in [9.17, 15) is 19.2 Å². The third-order valence-electron chi connectivity index (χ3n) is 5.50. The van der Waals surface area contributed by atoms with E-state index in [-0.39, 0.29) is 30.0 Å². The molecule has 3 heterocycles. The summed E-state index contributed by atoms with van der Waals surface area (Å²) in [4.78, 5) is 55.5. The second-order valence-corrected chi connectivity index (χ2v) is 7.47. The summed E-state index contributed by atoms with van der Waals surface area (Å²) in [6, 6.07) is 0.147. The van der Waals surface area contributed by atoms with Gasteiger partial charge in [-0.2, -0.15) is 0 Å². The van der Waals surface area contributed by atoms with E-state index in [1.54, 1.807) is 9.80 Å². The van der Waals surface area contributed by atoms with Crippen molar-refractivity contribution < 1.29 is 14.3 Å². The average Bonchev–Trinajstić information content (AvgIpc) is 2.94. The zero-order valence-corrected chi connectivity index (χ0v) is 15.7. The van der Waals surface area contributed by atoms with Gasteiger partial charge in [0.05, 0.1) is 13.0 Å². The highest BCUT2D eigenvalue weighted by Gasteiger charge is 2.48. The van der Waals surface area contributed by atoms with Crippen molar-refractivity contribution in [1.29, 1.82) is 0 Å². The summed E-state index contributed by atoms with van der Waals surface area (Å²) in [5, 5.41) is 0. The topological polar surface area (TPSA) is 116 Å². The molecule has 2 saturated heterocycles. The van der Waals surface area contributed by atoms with Crippen molar-refractivity contribution >= 4 is 12.0 Å². The van der Waals surface area contributed by atoms with E-state index < -0.39 is 16.9 Å². The van der Waals surface area contributed by atoms with E-state index in [1.165, 1.54) is 6.20 Å². The number of carbonyl (C=O) groups excluding carboxylic acids is 2. The molecule has 9 nitrogen and oxygen atoms in total. The molecule has 0 bridgehead atoms. The number of amides is 2. The maximum atomic E-state index is 12.5. The van der Waals surface area contributed by atoms with Crippen LogP contribution >= 0.6 is 0 Å². The Balaban J connectivity index is 1.58. The van der Waals surface area contributed by atoms with Gasteiger partial charge in [-0.1, -0.05) is 13.3 Å². The number of H-pyrrole nitrogens is 2. The Bertz CT molecular complexity index is 822. The molecule has 3 rings (SSSR count). The molecule has 2 aliphatic heterocycles. The zero-order chi connectivity index (χ0) is 19.6. The third-order valence-corrected chi connectivity index (χ3v) is 5.50. The summed E-state index contributed by atoms with van der Waals surface area (Å²) in [5.41, 5.74) is -1.44. The number of aromatic amines is 2. The predicted octanol–water partition coefficient (Wildman–Crippen LogP) is 0.608. The van der Waals surface area contributed by atoms with Crippen LogP contribution in [0.4, 0.5) is 4.79 Å². The van der Waals surface area contributed by atoms with Crippen molar-refractivity contribution in [2.24, 2.45) is 0 Å². The molecule has 0 unspecified atom stereocenters. The number of nitrogens with one attached hydrogen (secondary N) is 2. The second kappa shape index (κ2) is 7.58. The normalized spacial score (nSPS) is 20.0. The number of nitrogens with zero attached hydrogens (tertiary/aromatic N) is 2. The summed E-state index contributed by atoms with van der Waals surface area (Å²) in [6.07, 6.45) is 4.04. The van der Waals surface area contributed by atoms with E-state index in [4.69, 9.17) is 4.74 Å². The Morgan fingerprint density at radius 3 is 2.63 bits per heavy atom. The van der Waals surface area contributed by atoms with Gasteiger partial charge in [-0.3, -0.25) is 14.6 Å². The molecule has 1 aromatic heterocycles. The van der Waals surface area contributed by atoms with E-state index >= 15 is 0 Å². The van der Waals surface area contributed by atoms with Crippen molar-refractivity contribution in [3.05, 3.63) is 32.6 Å². The summed E-state index contributed by atoms with van der Waals surface area (Å²) in [7, 11) is 0. The van der Waals surface area contributed by atoms with Gasteiger partial charge in [-0.05, 0) is 13.3 Å². The summed E-state index contributed by atoms with van der Waals surface area (Å²) >= 11 is 0. The van der Waals surface area contributed by atoms with Crippen molar-refractivity contribution in [3.63, 3.8) is 0 Å². The van der Waals surface area contributed by atoms with Gasteiger partial charge in [0, 0.05) is 43.7 Å². The molecule has 148 valence electrons. The fourth-order valence-corrected chi connectivity index (χ4v) is 3.83. The smallest absolute Gasteiger partial charge is 0.410 e. The van der Waals surface area contributed by atoms with Crippen molar-refractivity contribution in [1.82, 2.24) is 19.8 Å². The maximum absolute atomic E-state index is 12.5. The molecule has 0 saturated carbocycles. The van der Waals surface area contributed by atoms with E-state index in [0.717, 1.165) is 12.8 Å². The first-order chi connectivity index (χ1) is 12.8. The van der Waals surface area contributed by atoms with Crippen LogP contribution in [0.1, 0.15) is 45.1 Å². The largest absolute Gasteiger partial charge is 0.441 e. The van der Waals surface area contributed by atoms with Gasteiger partial charge in [0.1, 0.15) is 5.60 Å². The Morgan fingerprint density at radius 1 is 1.30 bits per heavy atom. The van der Waals surface area contributed by atoms with Crippen molar-refractivity contribution in [2.75, 3.05) is 19.6 Å². The molecule has 1 atom stereocenters. The maximum Gasteiger partial charge on any atom is 0.410 e. The fourth-order valence-electron chi connectivity index (χ4n) is 3.83. The Labute approximate surface area is 156 Å².